The van der Waals surface area contributed by atoms with Gasteiger partial charge in [0.1, 0.15) is 12.4 Å². The molecule has 0 amide bonds. The summed E-state index contributed by atoms with van der Waals surface area (Å²) in [6.07, 6.45) is 7.06. The molecule has 0 fully saturated rings. The molecule has 0 aliphatic rings. The van der Waals surface area contributed by atoms with Crippen molar-refractivity contribution >= 4 is 12.2 Å². The molecule has 6 heteroatoms. The summed E-state index contributed by atoms with van der Waals surface area (Å²) in [6.45, 7) is 6.02. The van der Waals surface area contributed by atoms with Crippen LogP contribution in [0.25, 0.3) is 0 Å². The predicted octanol–water partition coefficient (Wildman–Crippen LogP) is 2.81. The number of hydrogen-bond acceptors (Lipinski definition) is 4. The van der Waals surface area contributed by atoms with Gasteiger partial charge in [-0.2, -0.15) is 0 Å². The van der Waals surface area contributed by atoms with Gasteiger partial charge in [0.25, 0.3) is 0 Å². The van der Waals surface area contributed by atoms with Gasteiger partial charge in [0.15, 0.2) is 0 Å². The molecule has 0 atom stereocenters. The summed E-state index contributed by atoms with van der Waals surface area (Å²) in [5.74, 6) is 0.923. The minimum atomic E-state index is 0.0696. The highest BCUT2D eigenvalue weighted by Crippen LogP contribution is 2.12. The number of allylic oxidation sites excluding steroid dienone is 1. The third-order valence-corrected chi connectivity index (χ3v) is 2.87. The topological polar surface area (TPSA) is 65.4 Å². The summed E-state index contributed by atoms with van der Waals surface area (Å²) < 4.78 is 19.4. The fourth-order valence-corrected chi connectivity index (χ4v) is 1.60. The second kappa shape index (κ2) is 9.07. The van der Waals surface area contributed by atoms with Crippen LogP contribution in [-0.4, -0.2) is 28.9 Å². The highest BCUT2D eigenvalue weighted by atomic mass is 19.1. The van der Waals surface area contributed by atoms with Gasteiger partial charge in [0, 0.05) is 25.4 Å². The Hall–Kier alpha value is -1.95. The number of nitrogens with two attached hydrogens (primary N) is 1. The summed E-state index contributed by atoms with van der Waals surface area (Å²) in [5.41, 5.74) is 6.71. The van der Waals surface area contributed by atoms with E-state index < -0.39 is 0 Å². The number of imidazole rings is 1. The molecule has 0 unspecified atom stereocenters. The molecule has 21 heavy (non-hydrogen) atoms. The van der Waals surface area contributed by atoms with E-state index in [1.807, 2.05) is 17.8 Å². The second-order valence-electron chi connectivity index (χ2n) is 4.73. The first-order valence-corrected chi connectivity index (χ1v) is 6.96. The highest BCUT2D eigenvalue weighted by molar-refractivity contribution is 5.77. The number of hydrogen-bond donors (Lipinski definition) is 1. The Kier molecular flexibility index (Phi) is 7.39. The SMILES string of the molecule is C=C(C=Nc1nc(CCCC)cn1C)OC/C(=C/F)CN. The third kappa shape index (κ3) is 5.91. The van der Waals surface area contributed by atoms with Crippen molar-refractivity contribution in [2.75, 3.05) is 13.2 Å². The molecule has 0 bridgehead atoms. The Morgan fingerprint density at radius 3 is 3.00 bits per heavy atom. The van der Waals surface area contributed by atoms with Crippen LogP contribution in [0.3, 0.4) is 0 Å². The first-order chi connectivity index (χ1) is 10.1. The lowest BCUT2D eigenvalue weighted by Crippen LogP contribution is -2.08. The lowest BCUT2D eigenvalue weighted by Gasteiger charge is -2.05. The quantitative estimate of drug-likeness (QED) is 0.562. The molecule has 1 heterocycles. The van der Waals surface area contributed by atoms with Crippen molar-refractivity contribution in [3.05, 3.63) is 36.1 Å². The second-order valence-corrected chi connectivity index (χ2v) is 4.73. The minimum Gasteiger partial charge on any atom is -0.488 e. The molecule has 0 aliphatic heterocycles. The molecule has 2 N–H and O–H groups in total. The molecule has 0 radical (unpaired) electrons. The average molecular weight is 294 g/mol. The van der Waals surface area contributed by atoms with Crippen molar-refractivity contribution in [2.45, 2.75) is 26.2 Å². The van der Waals surface area contributed by atoms with Crippen molar-refractivity contribution in [1.29, 1.82) is 0 Å². The molecule has 1 rings (SSSR count). The van der Waals surface area contributed by atoms with E-state index in [9.17, 15) is 4.39 Å². The standard InChI is InChI=1S/C15H23FN4O/c1-4-5-6-14-10-20(3)15(19-14)18-9-12(2)21-11-13(7-16)8-17/h7,9-10H,2,4-6,8,11,17H2,1,3H3/b13-7+,18-9?. The number of rotatable bonds is 9. The van der Waals surface area contributed by atoms with Crippen LogP contribution in [0.15, 0.2) is 35.4 Å². The van der Waals surface area contributed by atoms with Crippen molar-refractivity contribution < 1.29 is 9.13 Å². The van der Waals surface area contributed by atoms with Crippen LogP contribution in [0.4, 0.5) is 10.3 Å². The van der Waals surface area contributed by atoms with Gasteiger partial charge in [0.05, 0.1) is 18.2 Å². The van der Waals surface area contributed by atoms with Gasteiger partial charge in [-0.1, -0.05) is 19.9 Å². The van der Waals surface area contributed by atoms with Gasteiger partial charge >= 0.3 is 0 Å². The third-order valence-electron chi connectivity index (χ3n) is 2.87. The molecule has 0 aromatic carbocycles. The van der Waals surface area contributed by atoms with Crippen LogP contribution >= 0.6 is 0 Å². The molecule has 0 aliphatic carbocycles. The van der Waals surface area contributed by atoms with Gasteiger partial charge in [-0.15, -0.1) is 0 Å². The molecule has 0 spiro atoms. The zero-order valence-electron chi connectivity index (χ0n) is 12.7. The summed E-state index contributed by atoms with van der Waals surface area (Å²) in [5, 5.41) is 0. The number of nitrogens with zero attached hydrogens (tertiary/aromatic N) is 3. The summed E-state index contributed by atoms with van der Waals surface area (Å²) in [4.78, 5) is 8.65. The lowest BCUT2D eigenvalue weighted by atomic mass is 10.2. The average Bonchev–Trinajstić information content (AvgIpc) is 2.84. The summed E-state index contributed by atoms with van der Waals surface area (Å²) in [6, 6.07) is 0. The van der Waals surface area contributed by atoms with Crippen molar-refractivity contribution in [3.8, 4) is 0 Å². The maximum atomic E-state index is 12.3. The van der Waals surface area contributed by atoms with E-state index in [4.69, 9.17) is 10.5 Å². The van der Waals surface area contributed by atoms with Crippen LogP contribution in [0.1, 0.15) is 25.5 Å². The fraction of sp³-hybridized carbons (Fsp3) is 0.467. The Morgan fingerprint density at radius 1 is 1.62 bits per heavy atom. The number of aryl methyl sites for hydroxylation is 2. The Labute approximate surface area is 125 Å². The van der Waals surface area contributed by atoms with Gasteiger partial charge < -0.3 is 15.0 Å². The molecule has 1 aromatic rings. The van der Waals surface area contributed by atoms with Gasteiger partial charge in [-0.3, -0.25) is 0 Å². The number of aliphatic imine (C=N–C) groups is 1. The molecule has 0 saturated heterocycles. The van der Waals surface area contributed by atoms with Crippen LogP contribution in [0.5, 0.6) is 0 Å². The molecule has 5 nitrogen and oxygen atoms in total. The van der Waals surface area contributed by atoms with E-state index in [1.54, 1.807) is 0 Å². The smallest absolute Gasteiger partial charge is 0.229 e. The monoisotopic (exact) mass is 294 g/mol. The Bertz CT molecular complexity index is 520. The first kappa shape index (κ1) is 17.1. The molecule has 116 valence electrons. The molecular weight excluding hydrogens is 271 g/mol. The number of halogens is 1. The Morgan fingerprint density at radius 2 is 2.38 bits per heavy atom. The number of aromatic nitrogens is 2. The molecule has 1 aromatic heterocycles. The summed E-state index contributed by atoms with van der Waals surface area (Å²) >= 11 is 0. The number of unbranched alkanes of at least 4 members (excludes halogenated alkanes) is 1. The lowest BCUT2D eigenvalue weighted by molar-refractivity contribution is 0.260. The van der Waals surface area contributed by atoms with E-state index in [0.717, 1.165) is 25.0 Å². The normalized spacial score (nSPS) is 12.1. The summed E-state index contributed by atoms with van der Waals surface area (Å²) in [7, 11) is 1.89. The first-order valence-electron chi connectivity index (χ1n) is 6.96. The van der Waals surface area contributed by atoms with Crippen LogP contribution in [0, 0.1) is 0 Å². The van der Waals surface area contributed by atoms with E-state index in [0.29, 0.717) is 23.6 Å². The number of ether oxygens (including phenoxy) is 1. The van der Waals surface area contributed by atoms with Crippen LogP contribution in [0.2, 0.25) is 0 Å². The van der Waals surface area contributed by atoms with E-state index in [2.05, 4.69) is 23.5 Å². The van der Waals surface area contributed by atoms with Gasteiger partial charge in [-0.05, 0) is 12.8 Å². The van der Waals surface area contributed by atoms with E-state index >= 15 is 0 Å². The highest BCUT2D eigenvalue weighted by Gasteiger charge is 2.03. The van der Waals surface area contributed by atoms with Gasteiger partial charge in [-0.25, -0.2) is 14.4 Å². The minimum absolute atomic E-state index is 0.0696. The largest absolute Gasteiger partial charge is 0.488 e. The molecule has 0 saturated carbocycles. The van der Waals surface area contributed by atoms with E-state index in [-0.39, 0.29) is 13.2 Å². The fourth-order valence-electron chi connectivity index (χ4n) is 1.60. The molecular formula is C15H23FN4O. The van der Waals surface area contributed by atoms with Gasteiger partial charge in [0.2, 0.25) is 5.95 Å². The Balaban J connectivity index is 2.55. The van der Waals surface area contributed by atoms with Crippen molar-refractivity contribution in [1.82, 2.24) is 9.55 Å². The van der Waals surface area contributed by atoms with Crippen molar-refractivity contribution in [2.24, 2.45) is 17.8 Å². The van der Waals surface area contributed by atoms with Crippen LogP contribution in [-0.2, 0) is 18.2 Å². The van der Waals surface area contributed by atoms with Crippen LogP contribution < -0.4 is 5.73 Å². The van der Waals surface area contributed by atoms with E-state index in [1.165, 1.54) is 6.21 Å². The van der Waals surface area contributed by atoms with Crippen molar-refractivity contribution in [3.63, 3.8) is 0 Å². The zero-order valence-corrected chi connectivity index (χ0v) is 12.7. The maximum absolute atomic E-state index is 12.3. The maximum Gasteiger partial charge on any atom is 0.229 e. The zero-order chi connectivity index (χ0) is 15.7. The predicted molar refractivity (Wildman–Crippen MR) is 83.3 cm³/mol.